The summed E-state index contributed by atoms with van der Waals surface area (Å²) in [6.07, 6.45) is 3.77. The molecule has 23 heavy (non-hydrogen) atoms. The van der Waals surface area contributed by atoms with Gasteiger partial charge >= 0.3 is 5.97 Å². The first kappa shape index (κ1) is 17.8. The average Bonchev–Trinajstić information content (AvgIpc) is 2.51. The number of halogens is 1. The predicted octanol–water partition coefficient (Wildman–Crippen LogP) is 3.43. The Balaban J connectivity index is 2.16. The molecule has 2 unspecified atom stereocenters. The van der Waals surface area contributed by atoms with Gasteiger partial charge in [-0.1, -0.05) is 37.4 Å². The van der Waals surface area contributed by atoms with Gasteiger partial charge in [-0.05, 0) is 48.9 Å². The number of methoxy groups -OCH3 is 1. The Morgan fingerprint density at radius 2 is 2.13 bits per heavy atom. The molecule has 5 heteroatoms. The molecule has 0 radical (unpaired) electrons. The van der Waals surface area contributed by atoms with E-state index in [1.807, 2.05) is 26.0 Å². The fourth-order valence-electron chi connectivity index (χ4n) is 3.39. The molecule has 0 saturated heterocycles. The van der Waals surface area contributed by atoms with Crippen molar-refractivity contribution >= 4 is 23.5 Å². The molecule has 1 fully saturated rings. The van der Waals surface area contributed by atoms with E-state index in [9.17, 15) is 9.59 Å². The number of aryl methyl sites for hydroxylation is 1. The van der Waals surface area contributed by atoms with Gasteiger partial charge in [0.2, 0.25) is 5.91 Å². The molecule has 2 rings (SSSR count). The number of nitrogens with one attached hydrogen (secondary N) is 1. The summed E-state index contributed by atoms with van der Waals surface area (Å²) in [4.78, 5) is 24.9. The standard InChI is InChI=1S/C18H24ClNO3/c1-12-10-15(19)8-7-14(12)11-16(21)20-18(17(22)23-3)9-5-4-6-13(18)2/h7-8,10,13H,4-6,9,11H2,1-3H3,(H,20,21). The van der Waals surface area contributed by atoms with Crippen molar-refractivity contribution in [1.82, 2.24) is 5.32 Å². The van der Waals surface area contributed by atoms with Crippen LogP contribution in [0, 0.1) is 12.8 Å². The highest BCUT2D eigenvalue weighted by Gasteiger charge is 2.47. The Kier molecular flexibility index (Phi) is 5.69. The molecule has 0 spiro atoms. The fourth-order valence-corrected chi connectivity index (χ4v) is 3.62. The van der Waals surface area contributed by atoms with Crippen molar-refractivity contribution in [3.05, 3.63) is 34.3 Å². The zero-order valence-electron chi connectivity index (χ0n) is 13.9. The maximum absolute atomic E-state index is 12.5. The minimum absolute atomic E-state index is 0.0685. The van der Waals surface area contributed by atoms with Crippen molar-refractivity contribution in [2.24, 2.45) is 5.92 Å². The van der Waals surface area contributed by atoms with Gasteiger partial charge < -0.3 is 10.1 Å². The fraction of sp³-hybridized carbons (Fsp3) is 0.556. The van der Waals surface area contributed by atoms with Crippen LogP contribution < -0.4 is 5.32 Å². The van der Waals surface area contributed by atoms with E-state index in [1.165, 1.54) is 7.11 Å². The van der Waals surface area contributed by atoms with Crippen LogP contribution in [0.25, 0.3) is 0 Å². The monoisotopic (exact) mass is 337 g/mol. The van der Waals surface area contributed by atoms with Crippen molar-refractivity contribution in [3.8, 4) is 0 Å². The maximum atomic E-state index is 12.5. The number of hydrogen-bond acceptors (Lipinski definition) is 3. The number of ether oxygens (including phenoxy) is 1. The molecule has 4 nitrogen and oxygen atoms in total. The number of hydrogen-bond donors (Lipinski definition) is 1. The molecular weight excluding hydrogens is 314 g/mol. The highest BCUT2D eigenvalue weighted by Crippen LogP contribution is 2.34. The van der Waals surface area contributed by atoms with Crippen LogP contribution in [0.1, 0.15) is 43.7 Å². The van der Waals surface area contributed by atoms with E-state index in [2.05, 4.69) is 5.32 Å². The minimum Gasteiger partial charge on any atom is -0.467 e. The third-order valence-electron chi connectivity index (χ3n) is 4.87. The average molecular weight is 338 g/mol. The third-order valence-corrected chi connectivity index (χ3v) is 5.10. The smallest absolute Gasteiger partial charge is 0.331 e. The summed E-state index contributed by atoms with van der Waals surface area (Å²) in [5.74, 6) is -0.431. The second-order valence-electron chi connectivity index (χ2n) is 6.41. The van der Waals surface area contributed by atoms with Crippen LogP contribution in [0.3, 0.4) is 0 Å². The Bertz CT molecular complexity index is 602. The van der Waals surface area contributed by atoms with Crippen LogP contribution in [-0.2, 0) is 20.7 Å². The minimum atomic E-state index is -0.898. The largest absolute Gasteiger partial charge is 0.467 e. The van der Waals surface area contributed by atoms with Gasteiger partial charge in [-0.3, -0.25) is 4.79 Å². The topological polar surface area (TPSA) is 55.4 Å². The second kappa shape index (κ2) is 7.35. The van der Waals surface area contributed by atoms with Crippen LogP contribution in [-0.4, -0.2) is 24.5 Å². The zero-order chi connectivity index (χ0) is 17.0. The predicted molar refractivity (Wildman–Crippen MR) is 90.4 cm³/mol. The van der Waals surface area contributed by atoms with Crippen molar-refractivity contribution in [2.45, 2.75) is 51.5 Å². The summed E-state index contributed by atoms with van der Waals surface area (Å²) in [6, 6.07) is 5.46. The Morgan fingerprint density at radius 3 is 2.74 bits per heavy atom. The van der Waals surface area contributed by atoms with E-state index in [4.69, 9.17) is 16.3 Å². The van der Waals surface area contributed by atoms with E-state index < -0.39 is 5.54 Å². The lowest BCUT2D eigenvalue weighted by atomic mass is 9.73. The Labute approximate surface area is 142 Å². The van der Waals surface area contributed by atoms with Gasteiger partial charge in [-0.25, -0.2) is 4.79 Å². The molecule has 0 bridgehead atoms. The van der Waals surface area contributed by atoms with Crippen LogP contribution in [0.15, 0.2) is 18.2 Å². The summed E-state index contributed by atoms with van der Waals surface area (Å²) < 4.78 is 4.98. The van der Waals surface area contributed by atoms with Crippen LogP contribution in [0.4, 0.5) is 0 Å². The van der Waals surface area contributed by atoms with Crippen molar-refractivity contribution < 1.29 is 14.3 Å². The molecule has 0 aliphatic heterocycles. The highest BCUT2D eigenvalue weighted by atomic mass is 35.5. The van der Waals surface area contributed by atoms with Gasteiger partial charge in [-0.15, -0.1) is 0 Å². The number of carbonyl (C=O) groups excluding carboxylic acids is 2. The first-order valence-corrected chi connectivity index (χ1v) is 8.41. The van der Waals surface area contributed by atoms with Crippen LogP contribution in [0.5, 0.6) is 0 Å². The number of esters is 1. The first-order valence-electron chi connectivity index (χ1n) is 8.03. The van der Waals surface area contributed by atoms with Gasteiger partial charge in [0.1, 0.15) is 5.54 Å². The molecule has 1 aliphatic rings. The van der Waals surface area contributed by atoms with Crippen LogP contribution >= 0.6 is 11.6 Å². The van der Waals surface area contributed by atoms with E-state index in [0.717, 1.165) is 30.4 Å². The molecule has 1 saturated carbocycles. The molecular formula is C18H24ClNO3. The summed E-state index contributed by atoms with van der Waals surface area (Å²) in [7, 11) is 1.38. The molecule has 0 aromatic heterocycles. The van der Waals surface area contributed by atoms with Crippen molar-refractivity contribution in [3.63, 3.8) is 0 Å². The lowest BCUT2D eigenvalue weighted by Crippen LogP contribution is -2.60. The summed E-state index contributed by atoms with van der Waals surface area (Å²) in [5, 5.41) is 3.63. The van der Waals surface area contributed by atoms with Gasteiger partial charge in [0.05, 0.1) is 13.5 Å². The first-order chi connectivity index (χ1) is 10.9. The molecule has 1 aromatic carbocycles. The lowest BCUT2D eigenvalue weighted by Gasteiger charge is -2.40. The normalized spacial score (nSPS) is 24.1. The van der Waals surface area contributed by atoms with Crippen molar-refractivity contribution in [2.75, 3.05) is 7.11 Å². The quantitative estimate of drug-likeness (QED) is 0.856. The molecule has 1 aromatic rings. The summed E-state index contributed by atoms with van der Waals surface area (Å²) in [6.45, 7) is 3.93. The zero-order valence-corrected chi connectivity index (χ0v) is 14.7. The van der Waals surface area contributed by atoms with E-state index in [0.29, 0.717) is 11.4 Å². The van der Waals surface area contributed by atoms with Crippen molar-refractivity contribution in [1.29, 1.82) is 0 Å². The third kappa shape index (κ3) is 3.86. The molecule has 126 valence electrons. The molecule has 1 amide bonds. The number of carbonyl (C=O) groups is 2. The molecule has 0 heterocycles. The molecule has 1 aliphatic carbocycles. The summed E-state index contributed by atoms with van der Waals surface area (Å²) in [5.41, 5.74) is 0.983. The Morgan fingerprint density at radius 1 is 1.39 bits per heavy atom. The Hall–Kier alpha value is -1.55. The number of amides is 1. The lowest BCUT2D eigenvalue weighted by molar-refractivity contribution is -0.155. The van der Waals surface area contributed by atoms with E-state index in [-0.39, 0.29) is 24.2 Å². The van der Waals surface area contributed by atoms with Gasteiger partial charge in [0.15, 0.2) is 0 Å². The highest BCUT2D eigenvalue weighted by molar-refractivity contribution is 6.30. The number of rotatable bonds is 4. The van der Waals surface area contributed by atoms with Crippen LogP contribution in [0.2, 0.25) is 5.02 Å². The molecule has 1 N–H and O–H groups in total. The summed E-state index contributed by atoms with van der Waals surface area (Å²) >= 11 is 5.95. The molecule has 2 atom stereocenters. The second-order valence-corrected chi connectivity index (χ2v) is 6.84. The van der Waals surface area contributed by atoms with E-state index >= 15 is 0 Å². The SMILES string of the molecule is COC(=O)C1(NC(=O)Cc2ccc(Cl)cc2C)CCCCC1C. The number of benzene rings is 1. The van der Waals surface area contributed by atoms with Gasteiger partial charge in [0.25, 0.3) is 0 Å². The van der Waals surface area contributed by atoms with Gasteiger partial charge in [-0.2, -0.15) is 0 Å². The maximum Gasteiger partial charge on any atom is 0.331 e. The van der Waals surface area contributed by atoms with Gasteiger partial charge in [0, 0.05) is 5.02 Å². The van der Waals surface area contributed by atoms with E-state index in [1.54, 1.807) is 6.07 Å².